The third-order valence-corrected chi connectivity index (χ3v) is 3.45. The van der Waals surface area contributed by atoms with Crippen molar-refractivity contribution < 1.29 is 14.0 Å². The molecule has 1 aliphatic carbocycles. The average Bonchev–Trinajstić information content (AvgIpc) is 3.17. The van der Waals surface area contributed by atoms with Crippen LogP contribution in [0.5, 0.6) is 0 Å². The van der Waals surface area contributed by atoms with Gasteiger partial charge >= 0.3 is 0 Å². The summed E-state index contributed by atoms with van der Waals surface area (Å²) in [6, 6.07) is 8.54. The minimum atomic E-state index is -0.381. The standard InChI is InChI=1S/C15H13ClN2O3/c16-13-12(6-7-21-13)15(20)18-11-3-1-2-9(8-11)14(19)17-10-4-5-10/h1-3,6-8,10H,4-5H2,(H,17,19)(H,18,20). The Morgan fingerprint density at radius 3 is 2.67 bits per heavy atom. The minimum absolute atomic E-state index is 0.0372. The van der Waals surface area contributed by atoms with E-state index in [1.807, 2.05) is 0 Å². The molecule has 1 aliphatic rings. The van der Waals surface area contributed by atoms with Gasteiger partial charge < -0.3 is 15.1 Å². The van der Waals surface area contributed by atoms with Crippen LogP contribution in [0.4, 0.5) is 5.69 Å². The number of anilines is 1. The highest BCUT2D eigenvalue weighted by molar-refractivity contribution is 6.32. The second kappa shape index (κ2) is 5.61. The van der Waals surface area contributed by atoms with Gasteiger partial charge in [-0.3, -0.25) is 9.59 Å². The second-order valence-electron chi connectivity index (χ2n) is 4.89. The van der Waals surface area contributed by atoms with Crippen LogP contribution < -0.4 is 10.6 Å². The lowest BCUT2D eigenvalue weighted by Crippen LogP contribution is -2.25. The Labute approximate surface area is 126 Å². The van der Waals surface area contributed by atoms with Gasteiger partial charge in [0.05, 0.1) is 11.8 Å². The molecule has 0 radical (unpaired) electrons. The van der Waals surface area contributed by atoms with Crippen molar-refractivity contribution >= 4 is 29.1 Å². The molecule has 2 N–H and O–H groups in total. The van der Waals surface area contributed by atoms with Crippen LogP contribution in [0.3, 0.4) is 0 Å². The number of furan rings is 1. The molecule has 3 rings (SSSR count). The summed E-state index contributed by atoms with van der Waals surface area (Å²) < 4.78 is 4.88. The highest BCUT2D eigenvalue weighted by atomic mass is 35.5. The zero-order valence-electron chi connectivity index (χ0n) is 11.1. The molecule has 0 unspecified atom stereocenters. The quantitative estimate of drug-likeness (QED) is 0.912. The average molecular weight is 305 g/mol. The summed E-state index contributed by atoms with van der Waals surface area (Å²) in [4.78, 5) is 24.0. The highest BCUT2D eigenvalue weighted by Crippen LogP contribution is 2.21. The van der Waals surface area contributed by atoms with E-state index >= 15 is 0 Å². The normalized spacial score (nSPS) is 13.8. The number of carbonyl (C=O) groups is 2. The van der Waals surface area contributed by atoms with Crippen molar-refractivity contribution in [3.05, 3.63) is 52.9 Å². The molecular weight excluding hydrogens is 292 g/mol. The predicted octanol–water partition coefficient (Wildman–Crippen LogP) is 3.08. The number of hydrogen-bond acceptors (Lipinski definition) is 3. The highest BCUT2D eigenvalue weighted by Gasteiger charge is 2.23. The molecule has 108 valence electrons. The summed E-state index contributed by atoms with van der Waals surface area (Å²) in [5.41, 5.74) is 1.29. The Kier molecular flexibility index (Phi) is 3.66. The van der Waals surface area contributed by atoms with Crippen LogP contribution in [-0.4, -0.2) is 17.9 Å². The summed E-state index contributed by atoms with van der Waals surface area (Å²) in [5, 5.41) is 5.62. The monoisotopic (exact) mass is 304 g/mol. The van der Waals surface area contributed by atoms with Crippen molar-refractivity contribution in [3.63, 3.8) is 0 Å². The fourth-order valence-electron chi connectivity index (χ4n) is 1.89. The molecule has 2 amide bonds. The van der Waals surface area contributed by atoms with E-state index in [0.717, 1.165) is 12.8 Å². The first-order chi connectivity index (χ1) is 10.1. The van der Waals surface area contributed by atoms with Gasteiger partial charge in [0.2, 0.25) is 5.22 Å². The van der Waals surface area contributed by atoms with Gasteiger partial charge in [-0.25, -0.2) is 0 Å². The Balaban J connectivity index is 1.72. The van der Waals surface area contributed by atoms with Crippen LogP contribution in [0, 0.1) is 0 Å². The Bertz CT molecular complexity index is 692. The summed E-state index contributed by atoms with van der Waals surface area (Å²) >= 11 is 5.76. The van der Waals surface area contributed by atoms with E-state index < -0.39 is 0 Å². The number of halogens is 1. The number of carbonyl (C=O) groups excluding carboxylic acids is 2. The van der Waals surface area contributed by atoms with Crippen molar-refractivity contribution in [1.29, 1.82) is 0 Å². The topological polar surface area (TPSA) is 71.3 Å². The van der Waals surface area contributed by atoms with Gasteiger partial charge in [-0.2, -0.15) is 0 Å². The number of amides is 2. The number of rotatable bonds is 4. The van der Waals surface area contributed by atoms with E-state index in [-0.39, 0.29) is 22.6 Å². The van der Waals surface area contributed by atoms with Crippen molar-refractivity contribution in [2.24, 2.45) is 0 Å². The molecule has 1 heterocycles. The molecule has 6 heteroatoms. The van der Waals surface area contributed by atoms with Crippen molar-refractivity contribution in [3.8, 4) is 0 Å². The first-order valence-electron chi connectivity index (χ1n) is 6.59. The molecule has 0 spiro atoms. The summed E-state index contributed by atoms with van der Waals surface area (Å²) in [6.45, 7) is 0. The summed E-state index contributed by atoms with van der Waals surface area (Å²) in [6.07, 6.45) is 3.40. The van der Waals surface area contributed by atoms with Gasteiger partial charge in [0.1, 0.15) is 0 Å². The summed E-state index contributed by atoms with van der Waals surface area (Å²) in [5.74, 6) is -0.511. The number of benzene rings is 1. The molecule has 1 fully saturated rings. The molecule has 1 aromatic carbocycles. The van der Waals surface area contributed by atoms with E-state index in [1.165, 1.54) is 12.3 Å². The van der Waals surface area contributed by atoms with E-state index in [2.05, 4.69) is 10.6 Å². The van der Waals surface area contributed by atoms with Gasteiger partial charge in [0, 0.05) is 17.3 Å². The minimum Gasteiger partial charge on any atom is -0.452 e. The molecule has 1 saturated carbocycles. The Hall–Kier alpha value is -2.27. The lowest BCUT2D eigenvalue weighted by Gasteiger charge is -2.07. The van der Waals surface area contributed by atoms with E-state index in [0.29, 0.717) is 17.3 Å². The molecule has 1 aromatic heterocycles. The van der Waals surface area contributed by atoms with Crippen molar-refractivity contribution in [2.45, 2.75) is 18.9 Å². The SMILES string of the molecule is O=C(NC1CC1)c1cccc(NC(=O)c2ccoc2Cl)c1. The van der Waals surface area contributed by atoms with Crippen molar-refractivity contribution in [1.82, 2.24) is 5.32 Å². The third-order valence-electron chi connectivity index (χ3n) is 3.16. The van der Waals surface area contributed by atoms with E-state index in [4.69, 9.17) is 16.0 Å². The van der Waals surface area contributed by atoms with Gasteiger partial charge in [-0.15, -0.1) is 0 Å². The predicted molar refractivity (Wildman–Crippen MR) is 78.6 cm³/mol. The first-order valence-corrected chi connectivity index (χ1v) is 6.96. The molecule has 0 saturated heterocycles. The zero-order valence-corrected chi connectivity index (χ0v) is 11.8. The van der Waals surface area contributed by atoms with Gasteiger partial charge in [-0.1, -0.05) is 6.07 Å². The number of nitrogens with one attached hydrogen (secondary N) is 2. The van der Waals surface area contributed by atoms with Crippen molar-refractivity contribution in [2.75, 3.05) is 5.32 Å². The third kappa shape index (κ3) is 3.25. The molecule has 2 aromatic rings. The lowest BCUT2D eigenvalue weighted by molar-refractivity contribution is 0.0949. The van der Waals surface area contributed by atoms with Crippen LogP contribution >= 0.6 is 11.6 Å². The largest absolute Gasteiger partial charge is 0.452 e. The Morgan fingerprint density at radius 2 is 2.00 bits per heavy atom. The van der Waals surface area contributed by atoms with Crippen LogP contribution in [0.15, 0.2) is 41.0 Å². The fraction of sp³-hybridized carbons (Fsp3) is 0.200. The molecule has 0 atom stereocenters. The van der Waals surface area contributed by atoms with Crippen LogP contribution in [0.2, 0.25) is 5.22 Å². The smallest absolute Gasteiger partial charge is 0.260 e. The van der Waals surface area contributed by atoms with Gasteiger partial charge in [0.15, 0.2) is 0 Å². The fourth-order valence-corrected chi connectivity index (χ4v) is 2.09. The Morgan fingerprint density at radius 1 is 1.19 bits per heavy atom. The molecule has 21 heavy (non-hydrogen) atoms. The van der Waals surface area contributed by atoms with Gasteiger partial charge in [-0.05, 0) is 48.7 Å². The van der Waals surface area contributed by atoms with Crippen LogP contribution in [0.1, 0.15) is 33.6 Å². The van der Waals surface area contributed by atoms with E-state index in [1.54, 1.807) is 24.3 Å². The molecule has 5 nitrogen and oxygen atoms in total. The van der Waals surface area contributed by atoms with Crippen LogP contribution in [-0.2, 0) is 0 Å². The lowest BCUT2D eigenvalue weighted by atomic mass is 10.2. The van der Waals surface area contributed by atoms with Crippen LogP contribution in [0.25, 0.3) is 0 Å². The molecular formula is C15H13ClN2O3. The first kappa shape index (κ1) is 13.7. The summed E-state index contributed by atoms with van der Waals surface area (Å²) in [7, 11) is 0. The maximum Gasteiger partial charge on any atom is 0.260 e. The number of hydrogen-bond donors (Lipinski definition) is 2. The van der Waals surface area contributed by atoms with E-state index in [9.17, 15) is 9.59 Å². The molecule has 0 aliphatic heterocycles. The zero-order chi connectivity index (χ0) is 14.8. The second-order valence-corrected chi connectivity index (χ2v) is 5.23. The molecule has 0 bridgehead atoms. The van der Waals surface area contributed by atoms with Gasteiger partial charge in [0.25, 0.3) is 11.8 Å². The maximum atomic E-state index is 12.0. The maximum absolute atomic E-state index is 12.0.